The minimum Gasteiger partial charge on any atom is -0.456 e. The largest absolute Gasteiger partial charge is 0.456 e. The number of carbonyl (C=O) groups is 2. The van der Waals surface area contributed by atoms with Gasteiger partial charge in [-0.2, -0.15) is 11.8 Å². The zero-order valence-electron chi connectivity index (χ0n) is 14.6. The summed E-state index contributed by atoms with van der Waals surface area (Å²) in [5.41, 5.74) is 1.07. The summed E-state index contributed by atoms with van der Waals surface area (Å²) in [6.45, 7) is 4.97. The molecule has 0 aromatic carbocycles. The average Bonchev–Trinajstić information content (AvgIpc) is 2.93. The summed E-state index contributed by atoms with van der Waals surface area (Å²) < 4.78 is 11.0. The normalized spacial score (nSPS) is 18.0. The summed E-state index contributed by atoms with van der Waals surface area (Å²) in [6, 6.07) is 1.82. The van der Waals surface area contributed by atoms with Crippen molar-refractivity contribution in [3.63, 3.8) is 0 Å². The summed E-state index contributed by atoms with van der Waals surface area (Å²) in [5.74, 6) is 2.83. The molecule has 0 radical (unpaired) electrons. The van der Waals surface area contributed by atoms with Crippen molar-refractivity contribution < 1.29 is 18.7 Å². The van der Waals surface area contributed by atoms with Crippen molar-refractivity contribution in [1.29, 1.82) is 0 Å². The Morgan fingerprint density at radius 1 is 1.50 bits per heavy atom. The van der Waals surface area contributed by atoms with Crippen LogP contribution in [0.5, 0.6) is 0 Å². The van der Waals surface area contributed by atoms with Gasteiger partial charge in [-0.25, -0.2) is 0 Å². The van der Waals surface area contributed by atoms with Gasteiger partial charge in [-0.05, 0) is 25.2 Å². The number of thioether (sulfide) groups is 1. The van der Waals surface area contributed by atoms with Crippen molar-refractivity contribution in [2.75, 3.05) is 32.5 Å². The second-order valence-electron chi connectivity index (χ2n) is 6.02. The van der Waals surface area contributed by atoms with E-state index in [1.807, 2.05) is 24.8 Å². The molecule has 1 saturated heterocycles. The van der Waals surface area contributed by atoms with Crippen LogP contribution in [0.3, 0.4) is 0 Å². The molecule has 1 aromatic rings. The van der Waals surface area contributed by atoms with Gasteiger partial charge in [0.1, 0.15) is 12.4 Å². The number of unbranched alkanes of at least 4 members (excludes halogenated alkanes) is 1. The number of carbonyl (C=O) groups excluding carboxylic acids is 2. The summed E-state index contributed by atoms with van der Waals surface area (Å²) in [4.78, 5) is 25.2. The van der Waals surface area contributed by atoms with Crippen LogP contribution in [0, 0.1) is 6.92 Å². The highest BCUT2D eigenvalue weighted by Crippen LogP contribution is 2.21. The molecule has 0 bridgehead atoms. The molecule has 2 heterocycles. The Balaban J connectivity index is 1.81. The number of amides is 2. The summed E-state index contributed by atoms with van der Waals surface area (Å²) in [5, 5.41) is 2.82. The van der Waals surface area contributed by atoms with Crippen molar-refractivity contribution in [3.05, 3.63) is 23.2 Å². The maximum absolute atomic E-state index is 12.2. The molecule has 2 amide bonds. The number of nitrogens with zero attached hydrogens (tertiary/aromatic N) is 1. The standard InChI is InChI=1S/C17H26N2O4S/c1-4-5-6-24-11-13-7-15(23-12(13)2)17(21)18-8-14-9-19(3)16(20)10-22-14/h7,14H,4-6,8-11H2,1-3H3,(H,18,21). The van der Waals surface area contributed by atoms with Gasteiger partial charge in [0.2, 0.25) is 5.91 Å². The maximum atomic E-state index is 12.2. The number of hydrogen-bond donors (Lipinski definition) is 1. The van der Waals surface area contributed by atoms with Crippen LogP contribution in [0.4, 0.5) is 0 Å². The van der Waals surface area contributed by atoms with Gasteiger partial charge in [-0.15, -0.1) is 0 Å². The third kappa shape index (κ3) is 5.27. The molecule has 1 N–H and O–H groups in total. The van der Waals surface area contributed by atoms with Crippen molar-refractivity contribution in [1.82, 2.24) is 10.2 Å². The first kappa shape index (κ1) is 18.9. The number of rotatable bonds is 8. The quantitative estimate of drug-likeness (QED) is 0.725. The number of nitrogens with one attached hydrogen (secondary N) is 1. The molecule has 134 valence electrons. The third-order valence-electron chi connectivity index (χ3n) is 3.98. The molecule has 1 fully saturated rings. The zero-order valence-corrected chi connectivity index (χ0v) is 15.4. The van der Waals surface area contributed by atoms with Crippen LogP contribution in [-0.4, -0.2) is 55.3 Å². The van der Waals surface area contributed by atoms with Gasteiger partial charge in [0.05, 0.1) is 6.10 Å². The van der Waals surface area contributed by atoms with E-state index >= 15 is 0 Å². The first-order valence-corrected chi connectivity index (χ1v) is 9.47. The SMILES string of the molecule is CCCCSCc1cc(C(=O)NCC2CN(C)C(=O)CO2)oc1C. The predicted molar refractivity (Wildman–Crippen MR) is 94.2 cm³/mol. The molecule has 2 rings (SSSR count). The van der Waals surface area contributed by atoms with E-state index in [1.165, 1.54) is 12.8 Å². The Kier molecular flexibility index (Phi) is 7.17. The second-order valence-corrected chi connectivity index (χ2v) is 7.12. The Morgan fingerprint density at radius 3 is 3.00 bits per heavy atom. The van der Waals surface area contributed by atoms with E-state index in [-0.39, 0.29) is 24.5 Å². The first-order valence-electron chi connectivity index (χ1n) is 8.32. The van der Waals surface area contributed by atoms with Gasteiger partial charge in [0.25, 0.3) is 5.91 Å². The number of furan rings is 1. The number of morpholine rings is 1. The van der Waals surface area contributed by atoms with Gasteiger partial charge in [0, 0.05) is 31.5 Å². The van der Waals surface area contributed by atoms with E-state index in [9.17, 15) is 9.59 Å². The van der Waals surface area contributed by atoms with Crippen LogP contribution in [-0.2, 0) is 15.3 Å². The predicted octanol–water partition coefficient (Wildman–Crippen LogP) is 2.21. The van der Waals surface area contributed by atoms with Crippen LogP contribution < -0.4 is 5.32 Å². The fraction of sp³-hybridized carbons (Fsp3) is 0.647. The first-order chi connectivity index (χ1) is 11.5. The molecule has 1 aliphatic rings. The second kappa shape index (κ2) is 9.13. The topological polar surface area (TPSA) is 71.8 Å². The highest BCUT2D eigenvalue weighted by molar-refractivity contribution is 7.98. The molecular formula is C17H26N2O4S. The minimum atomic E-state index is -0.244. The Labute approximate surface area is 147 Å². The van der Waals surface area contributed by atoms with Crippen molar-refractivity contribution in [2.45, 2.75) is 38.5 Å². The zero-order chi connectivity index (χ0) is 17.5. The van der Waals surface area contributed by atoms with E-state index < -0.39 is 0 Å². The lowest BCUT2D eigenvalue weighted by Crippen LogP contribution is -2.48. The third-order valence-corrected chi connectivity index (χ3v) is 5.07. The van der Waals surface area contributed by atoms with E-state index in [1.54, 1.807) is 11.9 Å². The van der Waals surface area contributed by atoms with Gasteiger partial charge in [-0.3, -0.25) is 9.59 Å². The summed E-state index contributed by atoms with van der Waals surface area (Å²) in [6.07, 6.45) is 2.21. The number of aryl methyl sites for hydroxylation is 1. The molecular weight excluding hydrogens is 328 g/mol. The fourth-order valence-corrected chi connectivity index (χ4v) is 3.52. The summed E-state index contributed by atoms with van der Waals surface area (Å²) in [7, 11) is 1.73. The van der Waals surface area contributed by atoms with Crippen LogP contribution in [0.1, 0.15) is 41.6 Å². The Bertz CT molecular complexity index is 573. The Hall–Kier alpha value is -1.47. The maximum Gasteiger partial charge on any atom is 0.287 e. The molecule has 6 nitrogen and oxygen atoms in total. The highest BCUT2D eigenvalue weighted by Gasteiger charge is 2.24. The lowest BCUT2D eigenvalue weighted by atomic mass is 10.2. The molecule has 1 atom stereocenters. The van der Waals surface area contributed by atoms with Gasteiger partial charge in [-0.1, -0.05) is 13.3 Å². The lowest BCUT2D eigenvalue weighted by molar-refractivity contribution is -0.146. The van der Waals surface area contributed by atoms with Crippen LogP contribution in [0.2, 0.25) is 0 Å². The van der Waals surface area contributed by atoms with Crippen LogP contribution in [0.15, 0.2) is 10.5 Å². The van der Waals surface area contributed by atoms with E-state index in [0.29, 0.717) is 18.8 Å². The van der Waals surface area contributed by atoms with Crippen molar-refractivity contribution >= 4 is 23.6 Å². The molecule has 0 saturated carbocycles. The molecule has 1 aromatic heterocycles. The highest BCUT2D eigenvalue weighted by atomic mass is 32.2. The Morgan fingerprint density at radius 2 is 2.29 bits per heavy atom. The molecule has 1 unspecified atom stereocenters. The van der Waals surface area contributed by atoms with Gasteiger partial charge >= 0.3 is 0 Å². The number of likely N-dealkylation sites (N-methyl/N-ethyl adjacent to an activating group) is 1. The lowest BCUT2D eigenvalue weighted by Gasteiger charge is -2.29. The average molecular weight is 354 g/mol. The van der Waals surface area contributed by atoms with Crippen LogP contribution >= 0.6 is 11.8 Å². The fourth-order valence-electron chi connectivity index (χ4n) is 2.38. The van der Waals surface area contributed by atoms with Gasteiger partial charge in [0.15, 0.2) is 5.76 Å². The molecule has 0 spiro atoms. The molecule has 7 heteroatoms. The number of hydrogen-bond acceptors (Lipinski definition) is 5. The molecule has 24 heavy (non-hydrogen) atoms. The van der Waals surface area contributed by atoms with Gasteiger partial charge < -0.3 is 19.4 Å². The smallest absolute Gasteiger partial charge is 0.287 e. The van der Waals surface area contributed by atoms with E-state index in [2.05, 4.69) is 12.2 Å². The van der Waals surface area contributed by atoms with Crippen molar-refractivity contribution in [2.24, 2.45) is 0 Å². The molecule has 0 aliphatic carbocycles. The van der Waals surface area contributed by atoms with Crippen LogP contribution in [0.25, 0.3) is 0 Å². The van der Waals surface area contributed by atoms with E-state index in [0.717, 1.165) is 22.8 Å². The van der Waals surface area contributed by atoms with Crippen molar-refractivity contribution in [3.8, 4) is 0 Å². The molecule has 1 aliphatic heterocycles. The summed E-state index contributed by atoms with van der Waals surface area (Å²) >= 11 is 1.86. The minimum absolute atomic E-state index is 0.0375. The monoisotopic (exact) mass is 354 g/mol. The number of ether oxygens (including phenoxy) is 1. The van der Waals surface area contributed by atoms with E-state index in [4.69, 9.17) is 9.15 Å².